The van der Waals surface area contributed by atoms with Gasteiger partial charge >= 0.3 is 12.0 Å². The fourth-order valence-corrected chi connectivity index (χ4v) is 5.16. The summed E-state index contributed by atoms with van der Waals surface area (Å²) in [7, 11) is 0. The van der Waals surface area contributed by atoms with Gasteiger partial charge in [0, 0.05) is 23.9 Å². The first kappa shape index (κ1) is 35.6. The normalized spacial score (nSPS) is 18.2. The zero-order valence-electron chi connectivity index (χ0n) is 28.4. The highest BCUT2D eigenvalue weighted by molar-refractivity contribution is 5.88. The first-order valence-corrected chi connectivity index (χ1v) is 15.9. The Labute approximate surface area is 268 Å². The maximum absolute atomic E-state index is 13.3. The van der Waals surface area contributed by atoms with Gasteiger partial charge in [0.25, 0.3) is 0 Å². The highest BCUT2D eigenvalue weighted by atomic mass is 16.5. The third kappa shape index (κ3) is 10.3. The van der Waals surface area contributed by atoms with Crippen LogP contribution in [-0.4, -0.2) is 47.4 Å². The molecule has 0 bridgehead atoms. The molecule has 2 aromatic rings. The number of esters is 1. The molecule has 0 heterocycles. The number of rotatable bonds is 8. The number of nitrogens with zero attached hydrogens (tertiary/aromatic N) is 1. The van der Waals surface area contributed by atoms with E-state index in [0.717, 1.165) is 31.2 Å². The first-order chi connectivity index (χ1) is 20.9. The second kappa shape index (κ2) is 14.5. The van der Waals surface area contributed by atoms with Crippen LogP contribution in [0.2, 0.25) is 0 Å². The fourth-order valence-electron chi connectivity index (χ4n) is 5.16. The second-order valence-electron chi connectivity index (χ2n) is 15.2. The van der Waals surface area contributed by atoms with Crippen LogP contribution in [0.15, 0.2) is 47.5 Å². The second-order valence-corrected chi connectivity index (χ2v) is 15.2. The molecular weight excluding hydrogens is 568 g/mol. The Balaban J connectivity index is 1.77. The van der Waals surface area contributed by atoms with Crippen LogP contribution >= 0.6 is 0 Å². The first-order valence-electron chi connectivity index (χ1n) is 15.9. The van der Waals surface area contributed by atoms with Crippen LogP contribution in [0.3, 0.4) is 0 Å². The van der Waals surface area contributed by atoms with Gasteiger partial charge in [-0.25, -0.2) is 4.79 Å². The smallest absolute Gasteiger partial charge is 0.316 e. The largest absolute Gasteiger partial charge is 0.507 e. The van der Waals surface area contributed by atoms with Crippen molar-refractivity contribution in [1.29, 1.82) is 0 Å². The molecule has 3 atom stereocenters. The molecule has 0 saturated heterocycles. The third-order valence-corrected chi connectivity index (χ3v) is 7.91. The van der Waals surface area contributed by atoms with Crippen molar-refractivity contribution in [3.63, 3.8) is 0 Å². The Bertz CT molecular complexity index is 1370. The number of carbonyl (C=O) groups is 3. The molecule has 1 aliphatic carbocycles. The molecule has 1 saturated carbocycles. The molecule has 0 aliphatic heterocycles. The maximum atomic E-state index is 13.3. The number of urea groups is 1. The maximum Gasteiger partial charge on any atom is 0.316 e. The van der Waals surface area contributed by atoms with Crippen LogP contribution in [0.5, 0.6) is 11.5 Å². The lowest BCUT2D eigenvalue weighted by Crippen LogP contribution is -2.58. The summed E-state index contributed by atoms with van der Waals surface area (Å²) in [6, 6.07) is 11.3. The molecule has 1 unspecified atom stereocenters. The van der Waals surface area contributed by atoms with Gasteiger partial charge in [0.2, 0.25) is 5.91 Å². The summed E-state index contributed by atoms with van der Waals surface area (Å²) in [6.45, 7) is 17.4. The van der Waals surface area contributed by atoms with E-state index in [-0.39, 0.29) is 29.7 Å². The average molecular weight is 621 g/mol. The van der Waals surface area contributed by atoms with E-state index in [1.54, 1.807) is 39.1 Å². The Hall–Kier alpha value is -3.88. The lowest BCUT2D eigenvalue weighted by atomic mass is 9.85. The van der Waals surface area contributed by atoms with E-state index in [1.807, 2.05) is 71.9 Å². The number of phenols is 1. The number of amides is 3. The number of phenolic OH excluding ortho intramolecular Hbond substituents is 1. The fraction of sp³-hybridized carbons (Fsp3) is 0.556. The van der Waals surface area contributed by atoms with Crippen molar-refractivity contribution >= 4 is 24.1 Å². The summed E-state index contributed by atoms with van der Waals surface area (Å²) in [5, 5.41) is 20.1. The van der Waals surface area contributed by atoms with Gasteiger partial charge in [-0.3, -0.25) is 14.6 Å². The summed E-state index contributed by atoms with van der Waals surface area (Å²) in [4.78, 5) is 43.9. The lowest BCUT2D eigenvalue weighted by molar-refractivity contribution is -0.143. The molecule has 45 heavy (non-hydrogen) atoms. The zero-order chi connectivity index (χ0) is 33.6. The van der Waals surface area contributed by atoms with E-state index >= 15 is 0 Å². The van der Waals surface area contributed by atoms with Crippen molar-refractivity contribution < 1.29 is 24.2 Å². The van der Waals surface area contributed by atoms with Crippen LogP contribution in [0.1, 0.15) is 105 Å². The number of aliphatic imine (C=N–C) groups is 1. The van der Waals surface area contributed by atoms with E-state index in [0.29, 0.717) is 23.4 Å². The van der Waals surface area contributed by atoms with Crippen LogP contribution in [-0.2, 0) is 21.5 Å². The number of hydrogen-bond donors (Lipinski definition) is 4. The van der Waals surface area contributed by atoms with E-state index < -0.39 is 28.3 Å². The number of ether oxygens (including phenoxy) is 1. The van der Waals surface area contributed by atoms with Gasteiger partial charge in [-0.05, 0) is 62.1 Å². The highest BCUT2D eigenvalue weighted by Crippen LogP contribution is 2.37. The summed E-state index contributed by atoms with van der Waals surface area (Å²) >= 11 is 0. The molecule has 1 aliphatic rings. The number of benzene rings is 2. The molecule has 246 valence electrons. The van der Waals surface area contributed by atoms with Crippen LogP contribution in [0.25, 0.3) is 0 Å². The summed E-state index contributed by atoms with van der Waals surface area (Å²) < 4.78 is 5.69. The number of hydrogen-bond acceptors (Lipinski definition) is 6. The molecule has 0 spiro atoms. The molecule has 2 aromatic carbocycles. The van der Waals surface area contributed by atoms with Crippen molar-refractivity contribution in [2.45, 2.75) is 118 Å². The Morgan fingerprint density at radius 2 is 1.62 bits per heavy atom. The minimum atomic E-state index is -0.752. The molecule has 4 N–H and O–H groups in total. The molecule has 3 amide bonds. The lowest BCUT2D eigenvalue weighted by Gasteiger charge is -2.33. The van der Waals surface area contributed by atoms with E-state index in [9.17, 15) is 19.5 Å². The quantitative estimate of drug-likeness (QED) is 0.154. The summed E-state index contributed by atoms with van der Waals surface area (Å²) in [5.74, 6) is -0.206. The number of carbonyl (C=O) groups excluding carboxylic acids is 3. The molecule has 3 rings (SSSR count). The molecular formula is C36H52N4O5. The minimum absolute atomic E-state index is 0.0782. The van der Waals surface area contributed by atoms with Gasteiger partial charge in [0.1, 0.15) is 17.5 Å². The minimum Gasteiger partial charge on any atom is -0.507 e. The highest BCUT2D eigenvalue weighted by Gasteiger charge is 2.34. The molecule has 1 fully saturated rings. The zero-order valence-corrected chi connectivity index (χ0v) is 28.4. The molecule has 0 radical (unpaired) electrons. The standard InChI is InChI=1S/C36H52N4O5/c1-34(2,3)26-20-25(45-32(43)36(7,8)9)19-24(29(26)41)22-37-27-17-13-14-18-28(27)39-33(44)40-30(35(4,5)6)31(42)38-21-23-15-11-10-12-16-23/h10-12,15-16,19-20,22,27-28,30,41H,13-14,17-18,21H2,1-9H3,(H,38,42)(H2,39,40,44)/t27-,28-,30?/m1/s1. The monoisotopic (exact) mass is 620 g/mol. The van der Waals surface area contributed by atoms with Crippen molar-refractivity contribution in [3.05, 3.63) is 59.2 Å². The predicted octanol–water partition coefficient (Wildman–Crippen LogP) is 6.40. The summed E-state index contributed by atoms with van der Waals surface area (Å²) in [6.07, 6.45) is 4.99. The van der Waals surface area contributed by atoms with Crippen molar-refractivity contribution in [3.8, 4) is 11.5 Å². The van der Waals surface area contributed by atoms with Crippen molar-refractivity contribution in [2.75, 3.05) is 0 Å². The topological polar surface area (TPSA) is 129 Å². The van der Waals surface area contributed by atoms with Gasteiger partial charge in [0.05, 0.1) is 17.5 Å². The van der Waals surface area contributed by atoms with E-state index in [1.165, 1.54) is 0 Å². The van der Waals surface area contributed by atoms with Crippen molar-refractivity contribution in [2.24, 2.45) is 15.8 Å². The molecule has 9 nitrogen and oxygen atoms in total. The SMILES string of the molecule is CC(C)(C)C(=O)Oc1cc(C=N[C@@H]2CCCC[C@H]2NC(=O)NC(C(=O)NCc2ccccc2)C(C)(C)C)c(O)c(C(C)(C)C)c1. The van der Waals surface area contributed by atoms with Crippen molar-refractivity contribution in [1.82, 2.24) is 16.0 Å². The van der Waals surface area contributed by atoms with Gasteiger partial charge in [-0.1, -0.05) is 84.7 Å². The van der Waals surface area contributed by atoms with Crippen LogP contribution < -0.4 is 20.7 Å². The number of aromatic hydroxyl groups is 1. The van der Waals surface area contributed by atoms with Crippen LogP contribution in [0.4, 0.5) is 4.79 Å². The Kier molecular flexibility index (Phi) is 11.5. The van der Waals surface area contributed by atoms with Gasteiger partial charge < -0.3 is 25.8 Å². The van der Waals surface area contributed by atoms with E-state index in [2.05, 4.69) is 16.0 Å². The predicted molar refractivity (Wildman–Crippen MR) is 179 cm³/mol. The summed E-state index contributed by atoms with van der Waals surface area (Å²) in [5.41, 5.74) is 0.427. The third-order valence-electron chi connectivity index (χ3n) is 7.91. The Morgan fingerprint density at radius 1 is 0.978 bits per heavy atom. The van der Waals surface area contributed by atoms with Crippen LogP contribution in [0, 0.1) is 10.8 Å². The number of nitrogens with one attached hydrogen (secondary N) is 3. The molecule has 9 heteroatoms. The Morgan fingerprint density at radius 3 is 2.22 bits per heavy atom. The molecule has 0 aromatic heterocycles. The van der Waals surface area contributed by atoms with Gasteiger partial charge in [-0.2, -0.15) is 0 Å². The van der Waals surface area contributed by atoms with Gasteiger partial charge in [0.15, 0.2) is 0 Å². The average Bonchev–Trinajstić information content (AvgIpc) is 2.94. The van der Waals surface area contributed by atoms with Gasteiger partial charge in [-0.15, -0.1) is 0 Å². The van der Waals surface area contributed by atoms with E-state index in [4.69, 9.17) is 9.73 Å².